The highest BCUT2D eigenvalue weighted by molar-refractivity contribution is 5.80. The number of methoxy groups -OCH3 is 1. The van der Waals surface area contributed by atoms with E-state index in [-0.39, 0.29) is 5.92 Å². The fourth-order valence-electron chi connectivity index (χ4n) is 3.10. The zero-order valence-electron chi connectivity index (χ0n) is 11.5. The molecule has 1 aromatic carbocycles. The lowest BCUT2D eigenvalue weighted by molar-refractivity contribution is -0.142. The molecule has 106 valence electrons. The SMILES string of the molecule is COc1cccc2oc(C3CC(C)CC3C(=O)O)nc12. The van der Waals surface area contributed by atoms with Gasteiger partial charge < -0.3 is 14.3 Å². The quantitative estimate of drug-likeness (QED) is 0.932. The second kappa shape index (κ2) is 4.81. The highest BCUT2D eigenvalue weighted by atomic mass is 16.5. The van der Waals surface area contributed by atoms with Crippen LogP contribution in [0, 0.1) is 11.8 Å². The summed E-state index contributed by atoms with van der Waals surface area (Å²) in [5.74, 6) is 0.201. The predicted octanol–water partition coefficient (Wildman–Crippen LogP) is 3.05. The highest BCUT2D eigenvalue weighted by Crippen LogP contribution is 2.44. The van der Waals surface area contributed by atoms with Gasteiger partial charge in [-0.15, -0.1) is 0 Å². The average Bonchev–Trinajstić information content (AvgIpc) is 3.00. The summed E-state index contributed by atoms with van der Waals surface area (Å²) in [4.78, 5) is 15.9. The van der Waals surface area contributed by atoms with E-state index >= 15 is 0 Å². The fraction of sp³-hybridized carbons (Fsp3) is 0.467. The van der Waals surface area contributed by atoms with Gasteiger partial charge in [-0.05, 0) is 30.9 Å². The molecule has 5 nitrogen and oxygen atoms in total. The van der Waals surface area contributed by atoms with Gasteiger partial charge in [0.1, 0.15) is 5.75 Å². The molecule has 0 radical (unpaired) electrons. The minimum atomic E-state index is -0.770. The predicted molar refractivity (Wildman–Crippen MR) is 72.8 cm³/mol. The first-order valence-corrected chi connectivity index (χ1v) is 6.76. The first kappa shape index (κ1) is 13.0. The molecule has 1 aliphatic carbocycles. The van der Waals surface area contributed by atoms with Crippen LogP contribution in [0.5, 0.6) is 5.75 Å². The molecular weight excluding hydrogens is 258 g/mol. The second-order valence-corrected chi connectivity index (χ2v) is 5.49. The Balaban J connectivity index is 2.03. The van der Waals surface area contributed by atoms with Crippen LogP contribution in [0.1, 0.15) is 31.6 Å². The van der Waals surface area contributed by atoms with Crippen LogP contribution in [0.15, 0.2) is 22.6 Å². The summed E-state index contributed by atoms with van der Waals surface area (Å²) < 4.78 is 11.0. The van der Waals surface area contributed by atoms with E-state index in [4.69, 9.17) is 9.15 Å². The Labute approximate surface area is 116 Å². The van der Waals surface area contributed by atoms with E-state index in [1.54, 1.807) is 7.11 Å². The van der Waals surface area contributed by atoms with Crippen molar-refractivity contribution in [2.75, 3.05) is 7.11 Å². The van der Waals surface area contributed by atoms with Gasteiger partial charge in [-0.2, -0.15) is 0 Å². The number of aromatic nitrogens is 1. The molecule has 3 unspecified atom stereocenters. The monoisotopic (exact) mass is 275 g/mol. The average molecular weight is 275 g/mol. The maximum atomic E-state index is 11.4. The molecule has 2 aromatic rings. The summed E-state index contributed by atoms with van der Waals surface area (Å²) in [6.45, 7) is 2.07. The normalized spacial score (nSPS) is 26.0. The topological polar surface area (TPSA) is 72.6 Å². The van der Waals surface area contributed by atoms with Gasteiger partial charge in [-0.3, -0.25) is 4.79 Å². The minimum Gasteiger partial charge on any atom is -0.494 e. The number of oxazole rings is 1. The van der Waals surface area contributed by atoms with Crippen molar-refractivity contribution in [3.63, 3.8) is 0 Å². The van der Waals surface area contributed by atoms with Crippen molar-refractivity contribution in [2.45, 2.75) is 25.7 Å². The number of ether oxygens (including phenoxy) is 1. The summed E-state index contributed by atoms with van der Waals surface area (Å²) in [6, 6.07) is 5.48. The van der Waals surface area contributed by atoms with E-state index in [0.29, 0.717) is 35.1 Å². The molecule has 5 heteroatoms. The lowest BCUT2D eigenvalue weighted by atomic mass is 9.96. The third-order valence-corrected chi connectivity index (χ3v) is 4.05. The smallest absolute Gasteiger partial charge is 0.307 e. The Morgan fingerprint density at radius 1 is 1.45 bits per heavy atom. The molecule has 3 rings (SSSR count). The first-order valence-electron chi connectivity index (χ1n) is 6.76. The number of rotatable bonds is 3. The number of benzene rings is 1. The van der Waals surface area contributed by atoms with Crippen molar-refractivity contribution in [1.29, 1.82) is 0 Å². The molecule has 1 N–H and O–H groups in total. The number of carbonyl (C=O) groups is 1. The summed E-state index contributed by atoms with van der Waals surface area (Å²) in [5, 5.41) is 9.34. The maximum absolute atomic E-state index is 11.4. The number of aliphatic carboxylic acids is 1. The molecule has 1 aromatic heterocycles. The van der Waals surface area contributed by atoms with Crippen molar-refractivity contribution in [3.05, 3.63) is 24.1 Å². The van der Waals surface area contributed by atoms with Crippen molar-refractivity contribution in [3.8, 4) is 5.75 Å². The summed E-state index contributed by atoms with van der Waals surface area (Å²) in [7, 11) is 1.58. The molecular formula is C15H17NO4. The van der Waals surface area contributed by atoms with Gasteiger partial charge in [0.15, 0.2) is 17.0 Å². The van der Waals surface area contributed by atoms with Crippen LogP contribution in [0.25, 0.3) is 11.1 Å². The van der Waals surface area contributed by atoms with Gasteiger partial charge in [0.25, 0.3) is 0 Å². The third-order valence-electron chi connectivity index (χ3n) is 4.05. The van der Waals surface area contributed by atoms with E-state index in [0.717, 1.165) is 6.42 Å². The molecule has 1 saturated carbocycles. The molecule has 1 fully saturated rings. The molecule has 0 amide bonds. The van der Waals surface area contributed by atoms with Crippen LogP contribution >= 0.6 is 0 Å². The van der Waals surface area contributed by atoms with Crippen LogP contribution in [0.2, 0.25) is 0 Å². The zero-order valence-corrected chi connectivity index (χ0v) is 11.5. The second-order valence-electron chi connectivity index (χ2n) is 5.49. The van der Waals surface area contributed by atoms with Crippen LogP contribution in [0.3, 0.4) is 0 Å². The highest BCUT2D eigenvalue weighted by Gasteiger charge is 2.40. The van der Waals surface area contributed by atoms with E-state index in [1.807, 2.05) is 18.2 Å². The van der Waals surface area contributed by atoms with Crippen LogP contribution in [-0.4, -0.2) is 23.2 Å². The van der Waals surface area contributed by atoms with Gasteiger partial charge in [-0.25, -0.2) is 4.98 Å². The zero-order chi connectivity index (χ0) is 14.3. The fourth-order valence-corrected chi connectivity index (χ4v) is 3.10. The standard InChI is InChI=1S/C15H17NO4/c1-8-6-9(10(7-8)15(17)18)14-16-13-11(19-2)4-3-5-12(13)20-14/h3-5,8-10H,6-7H2,1-2H3,(H,17,18). The van der Waals surface area contributed by atoms with E-state index in [1.165, 1.54) is 0 Å². The Hall–Kier alpha value is -2.04. The largest absolute Gasteiger partial charge is 0.494 e. The number of carboxylic acid groups (broad SMARTS) is 1. The van der Waals surface area contributed by atoms with Gasteiger partial charge >= 0.3 is 5.97 Å². The van der Waals surface area contributed by atoms with Crippen molar-refractivity contribution in [2.24, 2.45) is 11.8 Å². The van der Waals surface area contributed by atoms with E-state index in [9.17, 15) is 9.90 Å². The molecule has 1 heterocycles. The summed E-state index contributed by atoms with van der Waals surface area (Å²) in [5.41, 5.74) is 1.30. The number of carboxylic acids is 1. The number of hydrogen-bond acceptors (Lipinski definition) is 4. The van der Waals surface area contributed by atoms with Crippen molar-refractivity contribution in [1.82, 2.24) is 4.98 Å². The Bertz CT molecular complexity index is 648. The van der Waals surface area contributed by atoms with Gasteiger partial charge in [0.2, 0.25) is 0 Å². The van der Waals surface area contributed by atoms with Gasteiger partial charge in [-0.1, -0.05) is 13.0 Å². The number of para-hydroxylation sites is 1. The lowest BCUT2D eigenvalue weighted by Crippen LogP contribution is -2.17. The van der Waals surface area contributed by atoms with Crippen LogP contribution in [-0.2, 0) is 4.79 Å². The molecule has 3 atom stereocenters. The molecule has 1 aliphatic rings. The van der Waals surface area contributed by atoms with E-state index in [2.05, 4.69) is 11.9 Å². The maximum Gasteiger partial charge on any atom is 0.307 e. The molecule has 0 bridgehead atoms. The molecule has 20 heavy (non-hydrogen) atoms. The van der Waals surface area contributed by atoms with Gasteiger partial charge in [0.05, 0.1) is 13.0 Å². The molecule has 0 aliphatic heterocycles. The molecule has 0 saturated heterocycles. The minimum absolute atomic E-state index is 0.153. The van der Waals surface area contributed by atoms with Crippen LogP contribution < -0.4 is 4.74 Å². The first-order chi connectivity index (χ1) is 9.60. The number of fused-ring (bicyclic) bond motifs is 1. The van der Waals surface area contributed by atoms with Crippen molar-refractivity contribution < 1.29 is 19.1 Å². The lowest BCUT2D eigenvalue weighted by Gasteiger charge is -2.10. The molecule has 0 spiro atoms. The van der Waals surface area contributed by atoms with E-state index < -0.39 is 11.9 Å². The third kappa shape index (κ3) is 2.03. The van der Waals surface area contributed by atoms with Crippen LogP contribution in [0.4, 0.5) is 0 Å². The van der Waals surface area contributed by atoms with Gasteiger partial charge in [0, 0.05) is 5.92 Å². The summed E-state index contributed by atoms with van der Waals surface area (Å²) >= 11 is 0. The Morgan fingerprint density at radius 2 is 2.25 bits per heavy atom. The summed E-state index contributed by atoms with van der Waals surface area (Å²) in [6.07, 6.45) is 1.47. The Kier molecular flexibility index (Phi) is 3.12. The number of nitrogens with zero attached hydrogens (tertiary/aromatic N) is 1. The Morgan fingerprint density at radius 3 is 2.95 bits per heavy atom. The number of hydrogen-bond donors (Lipinski definition) is 1. The van der Waals surface area contributed by atoms with Crippen molar-refractivity contribution >= 4 is 17.1 Å².